The maximum absolute atomic E-state index is 12.4. The van der Waals surface area contributed by atoms with E-state index in [4.69, 9.17) is 4.74 Å². The predicted molar refractivity (Wildman–Crippen MR) is 109 cm³/mol. The zero-order chi connectivity index (χ0) is 18.4. The van der Waals surface area contributed by atoms with Crippen molar-refractivity contribution >= 4 is 39.2 Å². The fraction of sp³-hybridized carbons (Fsp3) is 0.300. The van der Waals surface area contributed by atoms with Crippen LogP contribution in [-0.2, 0) is 11.3 Å². The van der Waals surface area contributed by atoms with Crippen LogP contribution in [0.15, 0.2) is 58.4 Å². The van der Waals surface area contributed by atoms with E-state index in [0.717, 1.165) is 39.5 Å². The number of aryl methyl sites for hydroxylation is 1. The van der Waals surface area contributed by atoms with Crippen LogP contribution >= 0.6 is 23.1 Å². The van der Waals surface area contributed by atoms with Gasteiger partial charge < -0.3 is 9.30 Å². The summed E-state index contributed by atoms with van der Waals surface area (Å²) in [6.07, 6.45) is 1.40. The van der Waals surface area contributed by atoms with Crippen molar-refractivity contribution < 1.29 is 9.53 Å². The monoisotopic (exact) mass is 386 g/mol. The Hall–Kier alpha value is -2.05. The molecular formula is C20H22N2O2S2. The van der Waals surface area contributed by atoms with Crippen molar-refractivity contribution in [1.29, 1.82) is 0 Å². The highest BCUT2D eigenvalue weighted by atomic mass is 32.2. The minimum atomic E-state index is -0.0798. The molecule has 0 aliphatic carbocycles. The molecule has 1 heterocycles. The summed E-state index contributed by atoms with van der Waals surface area (Å²) in [5.74, 6) is 1.47. The Morgan fingerprint density at radius 2 is 2.00 bits per heavy atom. The second kappa shape index (κ2) is 9.05. The van der Waals surface area contributed by atoms with Crippen LogP contribution in [0.3, 0.4) is 0 Å². The maximum atomic E-state index is 12.4. The molecule has 26 heavy (non-hydrogen) atoms. The van der Waals surface area contributed by atoms with E-state index in [-0.39, 0.29) is 5.91 Å². The summed E-state index contributed by atoms with van der Waals surface area (Å²) in [6, 6.07) is 16.1. The number of nitrogens with zero attached hydrogens (tertiary/aromatic N) is 2. The number of carbonyl (C=O) groups is 1. The van der Waals surface area contributed by atoms with E-state index < -0.39 is 0 Å². The Balaban J connectivity index is 1.81. The summed E-state index contributed by atoms with van der Waals surface area (Å²) >= 11 is 3.22. The molecule has 6 heteroatoms. The average Bonchev–Trinajstić information content (AvgIpc) is 3.00. The first-order valence-corrected chi connectivity index (χ1v) is 10.4. The van der Waals surface area contributed by atoms with Crippen molar-refractivity contribution in [3.63, 3.8) is 0 Å². The third kappa shape index (κ3) is 4.37. The van der Waals surface area contributed by atoms with Gasteiger partial charge in [-0.25, -0.2) is 0 Å². The van der Waals surface area contributed by atoms with Crippen LogP contribution in [0, 0.1) is 0 Å². The van der Waals surface area contributed by atoms with E-state index in [2.05, 4.69) is 28.6 Å². The predicted octanol–water partition coefficient (Wildman–Crippen LogP) is 4.73. The van der Waals surface area contributed by atoms with Gasteiger partial charge in [-0.1, -0.05) is 42.5 Å². The highest BCUT2D eigenvalue weighted by molar-refractivity contribution is 7.99. The quantitative estimate of drug-likeness (QED) is 0.551. The van der Waals surface area contributed by atoms with E-state index in [1.807, 2.05) is 36.4 Å². The van der Waals surface area contributed by atoms with E-state index >= 15 is 0 Å². The molecule has 1 amide bonds. The first-order chi connectivity index (χ1) is 12.7. The molecular weight excluding hydrogens is 364 g/mol. The summed E-state index contributed by atoms with van der Waals surface area (Å²) in [5, 5.41) is 0. The third-order valence-electron chi connectivity index (χ3n) is 3.88. The molecule has 2 aromatic carbocycles. The molecule has 0 atom stereocenters. The fourth-order valence-corrected chi connectivity index (χ4v) is 4.67. The molecule has 0 saturated heterocycles. The van der Waals surface area contributed by atoms with Crippen LogP contribution in [-0.4, -0.2) is 23.3 Å². The van der Waals surface area contributed by atoms with Crippen molar-refractivity contribution in [3.8, 4) is 5.75 Å². The molecule has 0 radical (unpaired) electrons. The van der Waals surface area contributed by atoms with Gasteiger partial charge in [0.2, 0.25) is 5.91 Å². The number of aromatic nitrogens is 1. The number of thiazole rings is 1. The molecule has 0 spiro atoms. The van der Waals surface area contributed by atoms with Crippen molar-refractivity contribution in [2.45, 2.75) is 31.2 Å². The molecule has 0 fully saturated rings. The van der Waals surface area contributed by atoms with Gasteiger partial charge in [0.05, 0.1) is 11.8 Å². The van der Waals surface area contributed by atoms with Crippen LogP contribution in [0.1, 0.15) is 19.8 Å². The molecule has 136 valence electrons. The smallest absolute Gasteiger partial charge is 0.249 e. The molecule has 0 saturated carbocycles. The van der Waals surface area contributed by atoms with Crippen molar-refractivity contribution in [1.82, 2.24) is 4.57 Å². The Labute approximate surface area is 161 Å². The van der Waals surface area contributed by atoms with Crippen molar-refractivity contribution in [2.75, 3.05) is 12.9 Å². The second-order valence-electron chi connectivity index (χ2n) is 5.76. The van der Waals surface area contributed by atoms with Gasteiger partial charge in [0.25, 0.3) is 0 Å². The van der Waals surface area contributed by atoms with E-state index in [9.17, 15) is 4.79 Å². The molecule has 3 aromatic rings. The zero-order valence-corrected chi connectivity index (χ0v) is 16.6. The standard InChI is InChI=1S/C20H22N2O2S2/c1-3-13-22-19-16(24-2)10-7-11-17(19)26-20(22)21-18(23)12-14-25-15-8-5-4-6-9-15/h4-11H,3,12-14H2,1-2H3. The number of ether oxygens (including phenoxy) is 1. The summed E-state index contributed by atoms with van der Waals surface area (Å²) in [4.78, 5) is 18.7. The van der Waals surface area contributed by atoms with Crippen LogP contribution in [0.4, 0.5) is 0 Å². The van der Waals surface area contributed by atoms with Crippen molar-refractivity contribution in [3.05, 3.63) is 53.3 Å². The highest BCUT2D eigenvalue weighted by Gasteiger charge is 2.11. The van der Waals surface area contributed by atoms with E-state index in [1.54, 1.807) is 30.2 Å². The minimum absolute atomic E-state index is 0.0798. The summed E-state index contributed by atoms with van der Waals surface area (Å²) < 4.78 is 8.69. The van der Waals surface area contributed by atoms with E-state index in [1.165, 1.54) is 4.90 Å². The number of methoxy groups -OCH3 is 1. The summed E-state index contributed by atoms with van der Waals surface area (Å²) in [6.45, 7) is 2.93. The third-order valence-corrected chi connectivity index (χ3v) is 5.94. The lowest BCUT2D eigenvalue weighted by Gasteiger charge is -2.07. The van der Waals surface area contributed by atoms with Gasteiger partial charge in [0.1, 0.15) is 11.3 Å². The number of benzene rings is 2. The number of carbonyl (C=O) groups excluding carboxylic acids is 1. The normalized spacial score (nSPS) is 11.8. The fourth-order valence-electron chi connectivity index (χ4n) is 2.71. The Morgan fingerprint density at radius 3 is 2.73 bits per heavy atom. The average molecular weight is 387 g/mol. The van der Waals surface area contributed by atoms with E-state index in [0.29, 0.717) is 6.42 Å². The molecule has 0 unspecified atom stereocenters. The summed E-state index contributed by atoms with van der Waals surface area (Å²) in [7, 11) is 1.67. The number of para-hydroxylation sites is 1. The Kier molecular flexibility index (Phi) is 6.52. The largest absolute Gasteiger partial charge is 0.495 e. The first-order valence-electron chi connectivity index (χ1n) is 8.64. The highest BCUT2D eigenvalue weighted by Crippen LogP contribution is 2.27. The number of amides is 1. The second-order valence-corrected chi connectivity index (χ2v) is 7.94. The number of thioether (sulfide) groups is 1. The maximum Gasteiger partial charge on any atom is 0.249 e. The van der Waals surface area contributed by atoms with Gasteiger partial charge in [0.15, 0.2) is 4.80 Å². The van der Waals surface area contributed by atoms with Crippen LogP contribution in [0.25, 0.3) is 10.2 Å². The lowest BCUT2D eigenvalue weighted by atomic mass is 10.3. The lowest BCUT2D eigenvalue weighted by Crippen LogP contribution is -2.17. The SMILES string of the molecule is CCCn1c(=NC(=O)CCSc2ccccc2)sc2cccc(OC)c21. The molecule has 3 rings (SSSR count). The number of fused-ring (bicyclic) bond motifs is 1. The van der Waals surface area contributed by atoms with Crippen molar-refractivity contribution in [2.24, 2.45) is 4.99 Å². The van der Waals surface area contributed by atoms with Gasteiger partial charge in [-0.15, -0.1) is 11.8 Å². The Bertz CT molecular complexity index is 945. The lowest BCUT2D eigenvalue weighted by molar-refractivity contribution is -0.117. The molecule has 0 aliphatic heterocycles. The summed E-state index contributed by atoms with van der Waals surface area (Å²) in [5.41, 5.74) is 1.02. The van der Waals surface area contributed by atoms with Gasteiger partial charge in [-0.05, 0) is 30.7 Å². The minimum Gasteiger partial charge on any atom is -0.495 e. The molecule has 0 aliphatic rings. The molecule has 4 nitrogen and oxygen atoms in total. The topological polar surface area (TPSA) is 43.6 Å². The number of hydrogen-bond acceptors (Lipinski definition) is 4. The Morgan fingerprint density at radius 1 is 1.19 bits per heavy atom. The number of rotatable bonds is 7. The van der Waals surface area contributed by atoms with Crippen LogP contribution in [0.5, 0.6) is 5.75 Å². The first kappa shape index (κ1) is 18.7. The van der Waals surface area contributed by atoms with Gasteiger partial charge in [0, 0.05) is 23.6 Å². The molecule has 1 aromatic heterocycles. The van der Waals surface area contributed by atoms with Gasteiger partial charge in [-0.2, -0.15) is 4.99 Å². The van der Waals surface area contributed by atoms with Crippen LogP contribution < -0.4 is 9.54 Å². The zero-order valence-electron chi connectivity index (χ0n) is 15.0. The van der Waals surface area contributed by atoms with Gasteiger partial charge in [-0.3, -0.25) is 4.79 Å². The molecule has 0 bridgehead atoms. The number of hydrogen-bond donors (Lipinski definition) is 0. The molecule has 0 N–H and O–H groups in total. The van der Waals surface area contributed by atoms with Gasteiger partial charge >= 0.3 is 0 Å². The van der Waals surface area contributed by atoms with Crippen LogP contribution in [0.2, 0.25) is 0 Å².